The summed E-state index contributed by atoms with van der Waals surface area (Å²) in [6, 6.07) is 0. The zero-order valence-electron chi connectivity index (χ0n) is 10.6. The van der Waals surface area contributed by atoms with Crippen molar-refractivity contribution >= 4 is 5.91 Å². The minimum Gasteiger partial charge on any atom is -0.388 e. The molecule has 1 aliphatic carbocycles. The van der Waals surface area contributed by atoms with Crippen LogP contribution in [0.4, 0.5) is 0 Å². The molecule has 5 nitrogen and oxygen atoms in total. The lowest BCUT2D eigenvalue weighted by Crippen LogP contribution is -2.44. The van der Waals surface area contributed by atoms with E-state index in [2.05, 4.69) is 10.3 Å². The second-order valence-electron chi connectivity index (χ2n) is 5.11. The van der Waals surface area contributed by atoms with Crippen LogP contribution in [0.5, 0.6) is 0 Å². The number of imidazole rings is 1. The average molecular weight is 251 g/mol. The number of aryl methyl sites for hydroxylation is 1. The van der Waals surface area contributed by atoms with Gasteiger partial charge in [-0.15, -0.1) is 0 Å². The van der Waals surface area contributed by atoms with Gasteiger partial charge in [0.05, 0.1) is 11.9 Å². The van der Waals surface area contributed by atoms with Crippen LogP contribution in [0.25, 0.3) is 0 Å². The van der Waals surface area contributed by atoms with Gasteiger partial charge in [0.15, 0.2) is 0 Å². The van der Waals surface area contributed by atoms with E-state index in [0.717, 1.165) is 25.7 Å². The van der Waals surface area contributed by atoms with Crippen molar-refractivity contribution in [3.8, 4) is 0 Å². The highest BCUT2D eigenvalue weighted by Gasteiger charge is 2.29. The molecule has 0 saturated heterocycles. The Balaban J connectivity index is 1.68. The Kier molecular flexibility index (Phi) is 4.36. The molecule has 0 aromatic carbocycles. The average Bonchev–Trinajstić information content (AvgIpc) is 2.88. The zero-order valence-corrected chi connectivity index (χ0v) is 10.6. The number of hydrogen-bond acceptors (Lipinski definition) is 3. The molecule has 1 aliphatic rings. The van der Waals surface area contributed by atoms with Gasteiger partial charge in [-0.25, -0.2) is 4.98 Å². The van der Waals surface area contributed by atoms with Gasteiger partial charge in [-0.2, -0.15) is 0 Å². The Hall–Kier alpha value is -1.36. The van der Waals surface area contributed by atoms with E-state index < -0.39 is 5.60 Å². The summed E-state index contributed by atoms with van der Waals surface area (Å²) in [6.07, 6.45) is 10.6. The Morgan fingerprint density at radius 3 is 2.83 bits per heavy atom. The van der Waals surface area contributed by atoms with Crippen molar-refractivity contribution in [2.45, 2.75) is 50.7 Å². The summed E-state index contributed by atoms with van der Waals surface area (Å²) in [5.74, 6) is -0.0114. The van der Waals surface area contributed by atoms with E-state index in [9.17, 15) is 9.90 Å². The summed E-state index contributed by atoms with van der Waals surface area (Å²) in [4.78, 5) is 15.6. The van der Waals surface area contributed by atoms with Crippen LogP contribution in [0.1, 0.15) is 38.5 Å². The lowest BCUT2D eigenvalue weighted by Gasteiger charge is -2.32. The van der Waals surface area contributed by atoms with Gasteiger partial charge in [-0.1, -0.05) is 19.3 Å². The topological polar surface area (TPSA) is 67.2 Å². The van der Waals surface area contributed by atoms with Crippen LogP contribution >= 0.6 is 0 Å². The lowest BCUT2D eigenvalue weighted by atomic mass is 9.85. The van der Waals surface area contributed by atoms with Crippen molar-refractivity contribution in [1.82, 2.24) is 14.9 Å². The molecule has 0 bridgehead atoms. The van der Waals surface area contributed by atoms with E-state index in [1.165, 1.54) is 6.42 Å². The minimum atomic E-state index is -0.678. The maximum Gasteiger partial charge on any atom is 0.221 e. The molecule has 0 radical (unpaired) electrons. The van der Waals surface area contributed by atoms with Crippen LogP contribution < -0.4 is 5.32 Å². The number of nitrogens with one attached hydrogen (secondary N) is 1. The third-order valence-electron chi connectivity index (χ3n) is 3.56. The third-order valence-corrected chi connectivity index (χ3v) is 3.56. The van der Waals surface area contributed by atoms with Crippen LogP contribution in [0, 0.1) is 0 Å². The summed E-state index contributed by atoms with van der Waals surface area (Å²) in [5, 5.41) is 13.1. The zero-order chi connectivity index (χ0) is 12.8. The number of carbonyl (C=O) groups is 1. The normalized spacial score (nSPS) is 18.5. The molecule has 1 heterocycles. The number of aromatic nitrogens is 2. The Morgan fingerprint density at radius 1 is 1.39 bits per heavy atom. The van der Waals surface area contributed by atoms with Crippen LogP contribution in [0.3, 0.4) is 0 Å². The van der Waals surface area contributed by atoms with Crippen molar-refractivity contribution in [2.75, 3.05) is 6.54 Å². The van der Waals surface area contributed by atoms with Gasteiger partial charge in [0, 0.05) is 31.9 Å². The predicted octanol–water partition coefficient (Wildman–Crippen LogP) is 1.08. The molecule has 1 aromatic heterocycles. The number of amides is 1. The van der Waals surface area contributed by atoms with Gasteiger partial charge in [0.1, 0.15) is 0 Å². The fourth-order valence-electron chi connectivity index (χ4n) is 2.39. The van der Waals surface area contributed by atoms with Crippen molar-refractivity contribution < 1.29 is 9.90 Å². The molecule has 100 valence electrons. The smallest absolute Gasteiger partial charge is 0.221 e. The lowest BCUT2D eigenvalue weighted by molar-refractivity contribution is -0.123. The molecule has 1 fully saturated rings. The quantitative estimate of drug-likeness (QED) is 0.823. The van der Waals surface area contributed by atoms with Gasteiger partial charge in [0.25, 0.3) is 0 Å². The highest BCUT2D eigenvalue weighted by Crippen LogP contribution is 2.27. The summed E-state index contributed by atoms with van der Waals surface area (Å²) in [5.41, 5.74) is -0.678. The maximum absolute atomic E-state index is 11.7. The molecule has 5 heteroatoms. The predicted molar refractivity (Wildman–Crippen MR) is 67.9 cm³/mol. The molecular weight excluding hydrogens is 230 g/mol. The van der Waals surface area contributed by atoms with Gasteiger partial charge in [0.2, 0.25) is 5.91 Å². The first kappa shape index (κ1) is 13.1. The van der Waals surface area contributed by atoms with E-state index >= 15 is 0 Å². The fourth-order valence-corrected chi connectivity index (χ4v) is 2.39. The van der Waals surface area contributed by atoms with Crippen LogP contribution in [-0.2, 0) is 11.3 Å². The number of aliphatic hydroxyl groups is 1. The largest absolute Gasteiger partial charge is 0.388 e. The molecule has 1 aromatic rings. The van der Waals surface area contributed by atoms with Gasteiger partial charge in [-0.05, 0) is 12.8 Å². The van der Waals surface area contributed by atoms with E-state index in [0.29, 0.717) is 19.5 Å². The third kappa shape index (κ3) is 3.84. The summed E-state index contributed by atoms with van der Waals surface area (Å²) in [7, 11) is 0. The standard InChI is InChI=1S/C13H21N3O2/c17-12(4-8-16-9-7-14-11-16)15-10-13(18)5-2-1-3-6-13/h7,9,11,18H,1-6,8,10H2,(H,15,17). The van der Waals surface area contributed by atoms with E-state index in [-0.39, 0.29) is 5.91 Å². The Labute approximate surface area is 107 Å². The van der Waals surface area contributed by atoms with E-state index in [1.807, 2.05) is 10.8 Å². The SMILES string of the molecule is O=C(CCn1ccnc1)NCC1(O)CCCCC1. The molecule has 0 spiro atoms. The summed E-state index contributed by atoms with van der Waals surface area (Å²) >= 11 is 0. The van der Waals surface area contributed by atoms with Crippen LogP contribution in [-0.4, -0.2) is 32.7 Å². The van der Waals surface area contributed by atoms with Crippen molar-refractivity contribution in [3.05, 3.63) is 18.7 Å². The van der Waals surface area contributed by atoms with Gasteiger partial charge >= 0.3 is 0 Å². The Morgan fingerprint density at radius 2 is 2.17 bits per heavy atom. The van der Waals surface area contributed by atoms with E-state index in [4.69, 9.17) is 0 Å². The molecule has 1 amide bonds. The number of nitrogens with zero attached hydrogens (tertiary/aromatic N) is 2. The monoisotopic (exact) mass is 251 g/mol. The first-order chi connectivity index (χ1) is 8.68. The Bertz CT molecular complexity index is 370. The van der Waals surface area contributed by atoms with Gasteiger partial charge < -0.3 is 15.0 Å². The number of carbonyl (C=O) groups excluding carboxylic acids is 1. The summed E-state index contributed by atoms with van der Waals surface area (Å²) < 4.78 is 1.87. The van der Waals surface area contributed by atoms with Crippen LogP contribution in [0.15, 0.2) is 18.7 Å². The minimum absolute atomic E-state index is 0.0114. The second kappa shape index (κ2) is 6.00. The van der Waals surface area contributed by atoms with E-state index in [1.54, 1.807) is 12.5 Å². The molecule has 0 aliphatic heterocycles. The summed E-state index contributed by atoms with van der Waals surface area (Å²) in [6.45, 7) is 1.01. The van der Waals surface area contributed by atoms with Crippen molar-refractivity contribution in [3.63, 3.8) is 0 Å². The highest BCUT2D eigenvalue weighted by molar-refractivity contribution is 5.75. The molecule has 18 heavy (non-hydrogen) atoms. The van der Waals surface area contributed by atoms with Crippen molar-refractivity contribution in [2.24, 2.45) is 0 Å². The molecule has 0 unspecified atom stereocenters. The first-order valence-electron chi connectivity index (χ1n) is 6.63. The molecule has 2 rings (SSSR count). The molecule has 0 atom stereocenters. The molecule has 2 N–H and O–H groups in total. The number of hydrogen-bond donors (Lipinski definition) is 2. The highest BCUT2D eigenvalue weighted by atomic mass is 16.3. The first-order valence-corrected chi connectivity index (χ1v) is 6.63. The van der Waals surface area contributed by atoms with Crippen molar-refractivity contribution in [1.29, 1.82) is 0 Å². The molecular formula is C13H21N3O2. The second-order valence-corrected chi connectivity index (χ2v) is 5.11. The van der Waals surface area contributed by atoms with Crippen LogP contribution in [0.2, 0.25) is 0 Å². The molecule has 1 saturated carbocycles. The number of rotatable bonds is 5. The fraction of sp³-hybridized carbons (Fsp3) is 0.692. The maximum atomic E-state index is 11.7. The van der Waals surface area contributed by atoms with Gasteiger partial charge in [-0.3, -0.25) is 4.79 Å².